The SMILES string of the molecule is Cc1cc(C(=O)Cc2cccc3ccccc23)c(C)o1. The molecule has 2 aromatic carbocycles. The summed E-state index contributed by atoms with van der Waals surface area (Å²) in [5.41, 5.74) is 1.75. The molecule has 0 atom stereocenters. The molecule has 0 saturated heterocycles. The lowest BCUT2D eigenvalue weighted by Gasteiger charge is -2.05. The molecular formula is C18H16O2. The van der Waals surface area contributed by atoms with Crippen LogP contribution >= 0.6 is 0 Å². The van der Waals surface area contributed by atoms with E-state index in [1.165, 1.54) is 0 Å². The standard InChI is InChI=1S/C18H16O2/c1-12-10-17(13(2)20-12)18(19)11-15-8-5-7-14-6-3-4-9-16(14)15/h3-10H,11H2,1-2H3. The van der Waals surface area contributed by atoms with E-state index in [-0.39, 0.29) is 5.78 Å². The molecule has 0 bridgehead atoms. The molecule has 0 radical (unpaired) electrons. The molecule has 1 heterocycles. The quantitative estimate of drug-likeness (QED) is 0.653. The Balaban J connectivity index is 1.97. The van der Waals surface area contributed by atoms with Crippen LogP contribution in [0.2, 0.25) is 0 Å². The summed E-state index contributed by atoms with van der Waals surface area (Å²) in [6.45, 7) is 3.70. The van der Waals surface area contributed by atoms with Crippen LogP contribution in [0.4, 0.5) is 0 Å². The fraction of sp³-hybridized carbons (Fsp3) is 0.167. The largest absolute Gasteiger partial charge is 0.466 e. The Morgan fingerprint density at radius 2 is 1.80 bits per heavy atom. The first kappa shape index (κ1) is 12.7. The second-order valence-corrected chi connectivity index (χ2v) is 5.07. The molecule has 3 aromatic rings. The zero-order valence-corrected chi connectivity index (χ0v) is 11.6. The maximum atomic E-state index is 12.4. The number of Topliss-reactive ketones (excluding diaryl/α,β-unsaturated/α-hetero) is 1. The summed E-state index contributed by atoms with van der Waals surface area (Å²) in [5.74, 6) is 1.59. The van der Waals surface area contributed by atoms with Crippen molar-refractivity contribution in [2.24, 2.45) is 0 Å². The number of rotatable bonds is 3. The summed E-state index contributed by atoms with van der Waals surface area (Å²) in [5, 5.41) is 2.30. The van der Waals surface area contributed by atoms with Crippen LogP contribution in [-0.4, -0.2) is 5.78 Å². The number of benzene rings is 2. The fourth-order valence-corrected chi connectivity index (χ4v) is 2.62. The molecule has 0 fully saturated rings. The van der Waals surface area contributed by atoms with Crippen LogP contribution in [-0.2, 0) is 6.42 Å². The number of hydrogen-bond donors (Lipinski definition) is 0. The number of aryl methyl sites for hydroxylation is 2. The van der Waals surface area contributed by atoms with Crippen LogP contribution in [0.3, 0.4) is 0 Å². The topological polar surface area (TPSA) is 30.2 Å². The second-order valence-electron chi connectivity index (χ2n) is 5.07. The number of fused-ring (bicyclic) bond motifs is 1. The molecule has 2 heteroatoms. The van der Waals surface area contributed by atoms with Gasteiger partial charge in [-0.05, 0) is 36.2 Å². The van der Waals surface area contributed by atoms with Gasteiger partial charge in [0, 0.05) is 6.42 Å². The Kier molecular flexibility index (Phi) is 3.15. The molecule has 1 aromatic heterocycles. The Hall–Kier alpha value is -2.35. The zero-order chi connectivity index (χ0) is 14.1. The molecule has 0 amide bonds. The molecule has 2 nitrogen and oxygen atoms in total. The molecule has 0 aliphatic carbocycles. The number of carbonyl (C=O) groups is 1. The van der Waals surface area contributed by atoms with Crippen molar-refractivity contribution in [1.29, 1.82) is 0 Å². The molecule has 0 saturated carbocycles. The van der Waals surface area contributed by atoms with Crippen molar-refractivity contribution in [3.8, 4) is 0 Å². The Bertz CT molecular complexity index is 776. The Labute approximate surface area is 118 Å². The average molecular weight is 264 g/mol. The molecule has 0 aliphatic heterocycles. The molecular weight excluding hydrogens is 248 g/mol. The van der Waals surface area contributed by atoms with Crippen LogP contribution in [0.5, 0.6) is 0 Å². The highest BCUT2D eigenvalue weighted by Crippen LogP contribution is 2.22. The van der Waals surface area contributed by atoms with Gasteiger partial charge in [0.2, 0.25) is 0 Å². The van der Waals surface area contributed by atoms with Gasteiger partial charge in [-0.2, -0.15) is 0 Å². The second kappa shape index (κ2) is 4.97. The van der Waals surface area contributed by atoms with Gasteiger partial charge in [0.15, 0.2) is 5.78 Å². The molecule has 0 spiro atoms. The summed E-state index contributed by atoms with van der Waals surface area (Å²) in [4.78, 5) is 12.4. The third-order valence-corrected chi connectivity index (χ3v) is 3.57. The van der Waals surface area contributed by atoms with Gasteiger partial charge >= 0.3 is 0 Å². The van der Waals surface area contributed by atoms with E-state index < -0.39 is 0 Å². The minimum Gasteiger partial charge on any atom is -0.466 e. The van der Waals surface area contributed by atoms with Crippen LogP contribution < -0.4 is 0 Å². The highest BCUT2D eigenvalue weighted by molar-refractivity contribution is 6.00. The third-order valence-electron chi connectivity index (χ3n) is 3.57. The number of hydrogen-bond acceptors (Lipinski definition) is 2. The van der Waals surface area contributed by atoms with Gasteiger partial charge in [0.25, 0.3) is 0 Å². The molecule has 20 heavy (non-hydrogen) atoms. The van der Waals surface area contributed by atoms with Crippen molar-refractivity contribution in [3.63, 3.8) is 0 Å². The van der Waals surface area contributed by atoms with Crippen LogP contribution in [0.15, 0.2) is 52.9 Å². The molecule has 3 rings (SSSR count). The number of carbonyl (C=O) groups excluding carboxylic acids is 1. The first-order valence-corrected chi connectivity index (χ1v) is 6.72. The lowest BCUT2D eigenvalue weighted by Crippen LogP contribution is -2.04. The van der Waals surface area contributed by atoms with Gasteiger partial charge < -0.3 is 4.42 Å². The van der Waals surface area contributed by atoms with Crippen LogP contribution in [0.25, 0.3) is 10.8 Å². The van der Waals surface area contributed by atoms with E-state index in [1.807, 2.05) is 44.2 Å². The van der Waals surface area contributed by atoms with E-state index >= 15 is 0 Å². The zero-order valence-electron chi connectivity index (χ0n) is 11.6. The van der Waals surface area contributed by atoms with E-state index in [4.69, 9.17) is 4.42 Å². The maximum absolute atomic E-state index is 12.4. The van der Waals surface area contributed by atoms with E-state index in [9.17, 15) is 4.79 Å². The smallest absolute Gasteiger partial charge is 0.170 e. The molecule has 0 unspecified atom stereocenters. The predicted molar refractivity (Wildman–Crippen MR) is 80.2 cm³/mol. The minimum absolute atomic E-state index is 0.107. The fourth-order valence-electron chi connectivity index (χ4n) is 2.62. The third kappa shape index (κ3) is 2.25. The predicted octanol–water partition coefficient (Wildman–Crippen LogP) is 4.48. The summed E-state index contributed by atoms with van der Waals surface area (Å²) < 4.78 is 5.44. The van der Waals surface area contributed by atoms with Crippen molar-refractivity contribution < 1.29 is 9.21 Å². The monoisotopic (exact) mass is 264 g/mol. The highest BCUT2D eigenvalue weighted by atomic mass is 16.3. The minimum atomic E-state index is 0.107. The van der Waals surface area contributed by atoms with Gasteiger partial charge in [-0.3, -0.25) is 4.79 Å². The van der Waals surface area contributed by atoms with E-state index in [0.29, 0.717) is 17.7 Å². The molecule has 0 aliphatic rings. The first-order chi connectivity index (χ1) is 9.65. The first-order valence-electron chi connectivity index (χ1n) is 6.72. The Morgan fingerprint density at radius 3 is 2.55 bits per heavy atom. The van der Waals surface area contributed by atoms with E-state index in [0.717, 1.165) is 22.1 Å². The lowest BCUT2D eigenvalue weighted by atomic mass is 9.98. The summed E-state index contributed by atoms with van der Waals surface area (Å²) >= 11 is 0. The van der Waals surface area contributed by atoms with Crippen molar-refractivity contribution in [3.05, 3.63) is 71.2 Å². The van der Waals surface area contributed by atoms with Gasteiger partial charge in [-0.25, -0.2) is 0 Å². The number of furan rings is 1. The summed E-state index contributed by atoms with van der Waals surface area (Å²) in [6, 6.07) is 16.0. The molecule has 0 N–H and O–H groups in total. The molecule has 100 valence electrons. The van der Waals surface area contributed by atoms with Crippen molar-refractivity contribution >= 4 is 16.6 Å². The highest BCUT2D eigenvalue weighted by Gasteiger charge is 2.15. The van der Waals surface area contributed by atoms with Crippen molar-refractivity contribution in [2.45, 2.75) is 20.3 Å². The van der Waals surface area contributed by atoms with Crippen LogP contribution in [0, 0.1) is 13.8 Å². The Morgan fingerprint density at radius 1 is 1.05 bits per heavy atom. The average Bonchev–Trinajstić information content (AvgIpc) is 2.78. The van der Waals surface area contributed by atoms with Gasteiger partial charge in [-0.15, -0.1) is 0 Å². The van der Waals surface area contributed by atoms with E-state index in [2.05, 4.69) is 18.2 Å². The number of ketones is 1. The lowest BCUT2D eigenvalue weighted by molar-refractivity contribution is 0.0992. The van der Waals surface area contributed by atoms with Crippen molar-refractivity contribution in [1.82, 2.24) is 0 Å². The summed E-state index contributed by atoms with van der Waals surface area (Å²) in [7, 11) is 0. The normalized spacial score (nSPS) is 10.9. The van der Waals surface area contributed by atoms with E-state index in [1.54, 1.807) is 0 Å². The van der Waals surface area contributed by atoms with Crippen LogP contribution in [0.1, 0.15) is 27.4 Å². The van der Waals surface area contributed by atoms with Gasteiger partial charge in [0.05, 0.1) is 5.56 Å². The summed E-state index contributed by atoms with van der Waals surface area (Å²) in [6.07, 6.45) is 0.404. The van der Waals surface area contributed by atoms with Gasteiger partial charge in [-0.1, -0.05) is 42.5 Å². The van der Waals surface area contributed by atoms with Crippen molar-refractivity contribution in [2.75, 3.05) is 0 Å². The maximum Gasteiger partial charge on any atom is 0.170 e. The van der Waals surface area contributed by atoms with Gasteiger partial charge in [0.1, 0.15) is 11.5 Å².